The molecule has 7 nitrogen and oxygen atoms in total. The number of pyridine rings is 1. The van der Waals surface area contributed by atoms with Crippen LogP contribution in [0.4, 0.5) is 0 Å². The number of methoxy groups -OCH3 is 3. The number of rotatable bonds is 7. The van der Waals surface area contributed by atoms with Gasteiger partial charge in [-0.1, -0.05) is 17.7 Å². The molecule has 0 bridgehead atoms. The summed E-state index contributed by atoms with van der Waals surface area (Å²) in [4.78, 5) is 16.5. The maximum absolute atomic E-state index is 12.3. The molecule has 0 aliphatic carbocycles. The second kappa shape index (κ2) is 8.67. The molecule has 2 heterocycles. The quantitative estimate of drug-likeness (QED) is 0.614. The van der Waals surface area contributed by atoms with Gasteiger partial charge in [0.1, 0.15) is 11.4 Å². The van der Waals surface area contributed by atoms with Gasteiger partial charge in [0, 0.05) is 30.4 Å². The highest BCUT2D eigenvalue weighted by atomic mass is 35.5. The van der Waals surface area contributed by atoms with Crippen molar-refractivity contribution < 1.29 is 19.0 Å². The largest absolute Gasteiger partial charge is 0.496 e. The van der Waals surface area contributed by atoms with Gasteiger partial charge in [-0.2, -0.15) is 0 Å². The van der Waals surface area contributed by atoms with E-state index in [9.17, 15) is 4.79 Å². The van der Waals surface area contributed by atoms with E-state index in [4.69, 9.17) is 25.8 Å². The minimum Gasteiger partial charge on any atom is -0.496 e. The molecule has 0 aliphatic heterocycles. The molecule has 1 N–H and O–H groups in total. The molecule has 0 aliphatic rings. The SMILES string of the molecule is COc1cc(OC)c(OC)cc1CNC(=O)/C=C/c1c(Cl)nc2ccccn12. The number of imidazole rings is 1. The number of hydrogen-bond acceptors (Lipinski definition) is 5. The third-order valence-electron chi connectivity index (χ3n) is 4.15. The molecular weight excluding hydrogens is 382 g/mol. The first kappa shape index (κ1) is 19.6. The second-order valence-corrected chi connectivity index (χ2v) is 6.14. The molecule has 146 valence electrons. The highest BCUT2D eigenvalue weighted by molar-refractivity contribution is 6.31. The summed E-state index contributed by atoms with van der Waals surface area (Å²) in [5.74, 6) is 1.42. The van der Waals surface area contributed by atoms with Crippen LogP contribution >= 0.6 is 11.6 Å². The number of fused-ring (bicyclic) bond motifs is 1. The third kappa shape index (κ3) is 4.04. The predicted molar refractivity (Wildman–Crippen MR) is 107 cm³/mol. The lowest BCUT2D eigenvalue weighted by Gasteiger charge is -2.14. The summed E-state index contributed by atoms with van der Waals surface area (Å²) in [6, 6.07) is 9.06. The number of carbonyl (C=O) groups is 1. The molecule has 28 heavy (non-hydrogen) atoms. The van der Waals surface area contributed by atoms with Gasteiger partial charge in [0.05, 0.1) is 27.0 Å². The number of nitrogens with zero attached hydrogens (tertiary/aromatic N) is 2. The smallest absolute Gasteiger partial charge is 0.244 e. The van der Waals surface area contributed by atoms with Crippen molar-refractivity contribution >= 4 is 29.2 Å². The fraction of sp³-hybridized carbons (Fsp3) is 0.200. The van der Waals surface area contributed by atoms with Crippen molar-refractivity contribution in [3.05, 3.63) is 59.0 Å². The average molecular weight is 402 g/mol. The number of carbonyl (C=O) groups excluding carboxylic acids is 1. The van der Waals surface area contributed by atoms with E-state index in [0.717, 1.165) is 5.56 Å². The Hall–Kier alpha value is -3.19. The first-order valence-corrected chi connectivity index (χ1v) is 8.82. The van der Waals surface area contributed by atoms with Crippen LogP contribution in [0.3, 0.4) is 0 Å². The van der Waals surface area contributed by atoms with Crippen LogP contribution in [-0.2, 0) is 11.3 Å². The zero-order chi connectivity index (χ0) is 20.1. The van der Waals surface area contributed by atoms with E-state index in [1.165, 1.54) is 6.08 Å². The number of amides is 1. The number of halogens is 1. The lowest BCUT2D eigenvalue weighted by molar-refractivity contribution is -0.116. The van der Waals surface area contributed by atoms with Crippen LogP contribution in [0, 0.1) is 0 Å². The van der Waals surface area contributed by atoms with Gasteiger partial charge in [-0.25, -0.2) is 4.98 Å². The van der Waals surface area contributed by atoms with Gasteiger partial charge in [-0.05, 0) is 24.3 Å². The van der Waals surface area contributed by atoms with E-state index >= 15 is 0 Å². The molecule has 0 fully saturated rings. The normalized spacial score (nSPS) is 11.0. The monoisotopic (exact) mass is 401 g/mol. The number of benzene rings is 1. The molecular formula is C20H20ClN3O4. The molecule has 3 aromatic rings. The highest BCUT2D eigenvalue weighted by Crippen LogP contribution is 2.34. The van der Waals surface area contributed by atoms with Gasteiger partial charge in [-0.3, -0.25) is 9.20 Å². The zero-order valence-corrected chi connectivity index (χ0v) is 16.5. The van der Waals surface area contributed by atoms with E-state index in [1.54, 1.807) is 39.5 Å². The Bertz CT molecular complexity index is 1030. The summed E-state index contributed by atoms with van der Waals surface area (Å²) in [6.07, 6.45) is 4.87. The number of ether oxygens (including phenoxy) is 3. The average Bonchev–Trinajstić information content (AvgIpc) is 3.04. The third-order valence-corrected chi connectivity index (χ3v) is 4.43. The summed E-state index contributed by atoms with van der Waals surface area (Å²) < 4.78 is 17.7. The molecule has 0 unspecified atom stereocenters. The van der Waals surface area contributed by atoms with Crippen LogP contribution in [0.1, 0.15) is 11.3 Å². The van der Waals surface area contributed by atoms with Crippen molar-refractivity contribution in [3.8, 4) is 17.2 Å². The predicted octanol–water partition coefficient (Wildman–Crippen LogP) is 3.34. The molecule has 0 saturated carbocycles. The van der Waals surface area contributed by atoms with Crippen molar-refractivity contribution in [1.29, 1.82) is 0 Å². The Morgan fingerprint density at radius 1 is 1.14 bits per heavy atom. The van der Waals surface area contributed by atoms with Gasteiger partial charge >= 0.3 is 0 Å². The Morgan fingerprint density at radius 3 is 2.57 bits per heavy atom. The zero-order valence-electron chi connectivity index (χ0n) is 15.7. The maximum atomic E-state index is 12.3. The number of nitrogens with one attached hydrogen (secondary N) is 1. The molecule has 0 atom stereocenters. The fourth-order valence-corrected chi connectivity index (χ4v) is 3.00. The van der Waals surface area contributed by atoms with E-state index in [-0.39, 0.29) is 12.5 Å². The van der Waals surface area contributed by atoms with Crippen molar-refractivity contribution in [2.45, 2.75) is 6.54 Å². The van der Waals surface area contributed by atoms with E-state index in [1.807, 2.05) is 28.8 Å². The first-order chi connectivity index (χ1) is 13.6. The van der Waals surface area contributed by atoms with Crippen molar-refractivity contribution in [2.24, 2.45) is 0 Å². The van der Waals surface area contributed by atoms with Crippen LogP contribution in [-0.4, -0.2) is 36.6 Å². The molecule has 0 spiro atoms. The summed E-state index contributed by atoms with van der Waals surface area (Å²) in [5, 5.41) is 3.15. The minimum absolute atomic E-state index is 0.258. The summed E-state index contributed by atoms with van der Waals surface area (Å²) >= 11 is 6.17. The van der Waals surface area contributed by atoms with Crippen LogP contribution < -0.4 is 19.5 Å². The van der Waals surface area contributed by atoms with Gasteiger partial charge in [-0.15, -0.1) is 0 Å². The molecule has 8 heteroatoms. The fourth-order valence-electron chi connectivity index (χ4n) is 2.76. The molecule has 1 aromatic carbocycles. The molecule has 1 amide bonds. The standard InChI is InChI=1S/C20H20ClN3O4/c1-26-15-11-17(28-3)16(27-2)10-13(15)12-22-19(25)8-7-14-20(21)23-18-6-4-5-9-24(14)18/h4-11H,12H2,1-3H3,(H,22,25)/b8-7+. The molecule has 2 aromatic heterocycles. The summed E-state index contributed by atoms with van der Waals surface area (Å²) in [7, 11) is 4.66. The molecule has 3 rings (SSSR count). The molecule has 0 saturated heterocycles. The minimum atomic E-state index is -0.279. The lowest BCUT2D eigenvalue weighted by atomic mass is 10.1. The first-order valence-electron chi connectivity index (χ1n) is 8.44. The van der Waals surface area contributed by atoms with Crippen molar-refractivity contribution in [3.63, 3.8) is 0 Å². The summed E-state index contributed by atoms with van der Waals surface area (Å²) in [6.45, 7) is 0.258. The Balaban J connectivity index is 1.73. The number of aromatic nitrogens is 2. The topological polar surface area (TPSA) is 74.1 Å². The summed E-state index contributed by atoms with van der Waals surface area (Å²) in [5.41, 5.74) is 2.11. The van der Waals surface area contributed by atoms with E-state index < -0.39 is 0 Å². The van der Waals surface area contributed by atoms with Crippen LogP contribution in [0.25, 0.3) is 11.7 Å². The van der Waals surface area contributed by atoms with Gasteiger partial charge < -0.3 is 19.5 Å². The Kier molecular flexibility index (Phi) is 6.06. The Morgan fingerprint density at radius 2 is 1.86 bits per heavy atom. The number of hydrogen-bond donors (Lipinski definition) is 1. The van der Waals surface area contributed by atoms with Gasteiger partial charge in [0.25, 0.3) is 0 Å². The second-order valence-electron chi connectivity index (χ2n) is 5.79. The van der Waals surface area contributed by atoms with Gasteiger partial charge in [0.15, 0.2) is 16.7 Å². The van der Waals surface area contributed by atoms with Gasteiger partial charge in [0.2, 0.25) is 5.91 Å². The Labute approximate surface area is 167 Å². The lowest BCUT2D eigenvalue weighted by Crippen LogP contribution is -2.20. The maximum Gasteiger partial charge on any atom is 0.244 e. The van der Waals surface area contributed by atoms with Crippen LogP contribution in [0.15, 0.2) is 42.6 Å². The van der Waals surface area contributed by atoms with Crippen LogP contribution in [0.2, 0.25) is 5.15 Å². The van der Waals surface area contributed by atoms with E-state index in [0.29, 0.717) is 33.7 Å². The highest BCUT2D eigenvalue weighted by Gasteiger charge is 2.12. The molecule has 0 radical (unpaired) electrons. The van der Waals surface area contributed by atoms with E-state index in [2.05, 4.69) is 10.3 Å². The van der Waals surface area contributed by atoms with Crippen molar-refractivity contribution in [2.75, 3.05) is 21.3 Å². The van der Waals surface area contributed by atoms with Crippen molar-refractivity contribution in [1.82, 2.24) is 14.7 Å². The van der Waals surface area contributed by atoms with Crippen LogP contribution in [0.5, 0.6) is 17.2 Å².